The molecule has 0 saturated carbocycles. The summed E-state index contributed by atoms with van der Waals surface area (Å²) < 4.78 is 27.0. The van der Waals surface area contributed by atoms with Crippen molar-refractivity contribution >= 4 is 7.75 Å². The van der Waals surface area contributed by atoms with Gasteiger partial charge in [-0.1, -0.05) is 156 Å². The van der Waals surface area contributed by atoms with Crippen molar-refractivity contribution in [2.45, 2.75) is 194 Å². The topological polar surface area (TPSA) is 71.0 Å². The molecule has 0 amide bonds. The highest BCUT2D eigenvalue weighted by Gasteiger charge is 2.28. The van der Waals surface area contributed by atoms with E-state index < -0.39 is 7.75 Å². The zero-order valence-electron chi connectivity index (χ0n) is 30.7. The first-order chi connectivity index (χ1) is 22.0. The summed E-state index contributed by atoms with van der Waals surface area (Å²) in [4.78, 5) is 2.24. The quantitative estimate of drug-likeness (QED) is 0.0529. The van der Waals surface area contributed by atoms with Crippen molar-refractivity contribution in [1.82, 2.24) is 9.99 Å². The number of rotatable bonds is 34. The Labute approximate surface area is 281 Å². The van der Waals surface area contributed by atoms with E-state index in [2.05, 4.69) is 37.7 Å². The predicted octanol–water partition coefficient (Wildman–Crippen LogP) is 11.5. The predicted molar refractivity (Wildman–Crippen MR) is 195 cm³/mol. The highest BCUT2D eigenvalue weighted by atomic mass is 31.2. The molecule has 1 aliphatic rings. The molecule has 0 aromatic heterocycles. The number of aliphatic hydroxyl groups excluding tert-OH is 1. The molecule has 0 bridgehead atoms. The monoisotopic (exact) mass is 659 g/mol. The van der Waals surface area contributed by atoms with Gasteiger partial charge in [0.05, 0.1) is 19.3 Å². The van der Waals surface area contributed by atoms with Gasteiger partial charge >= 0.3 is 7.75 Å². The minimum absolute atomic E-state index is 0.241. The lowest BCUT2D eigenvalue weighted by molar-refractivity contribution is 0.139. The Hall–Kier alpha value is 0.0300. The fourth-order valence-electron chi connectivity index (χ4n) is 6.66. The number of hydrogen-bond acceptors (Lipinski definition) is 5. The number of hydrogen-bond donors (Lipinski definition) is 2. The lowest BCUT2D eigenvalue weighted by Gasteiger charge is -2.26. The number of likely N-dealkylation sites (tertiary alicyclic amines) is 1. The molecule has 270 valence electrons. The molecule has 0 aromatic carbocycles. The molecule has 0 aliphatic carbocycles. The Kier molecular flexibility index (Phi) is 28.8. The molecule has 0 aromatic rings. The average Bonchev–Trinajstić information content (AvgIpc) is 3.46. The van der Waals surface area contributed by atoms with Crippen LogP contribution >= 0.6 is 7.75 Å². The van der Waals surface area contributed by atoms with E-state index in [1.807, 2.05) is 0 Å². The Balaban J connectivity index is 2.80. The van der Waals surface area contributed by atoms with Gasteiger partial charge in [0.25, 0.3) is 0 Å². The maximum absolute atomic E-state index is 14.3. The van der Waals surface area contributed by atoms with Gasteiger partial charge in [0.1, 0.15) is 0 Å². The van der Waals surface area contributed by atoms with Crippen LogP contribution in [0.2, 0.25) is 0 Å². The molecular weight excluding hydrogens is 579 g/mol. The molecule has 0 radical (unpaired) electrons. The standard InChI is InChI=1S/C38H79N2O4P/c1-5-9-13-17-19-23-27-36(25-21-15-11-7-3)34-43-45(42,39-30-32-40-31-29-38(41)33-40)44-35-37(26-22-16-12-8-4)28-24-20-18-14-10-6-2/h36-38,41H,5-35H2,1-4H3,(H,39,42). The zero-order valence-corrected chi connectivity index (χ0v) is 31.6. The van der Waals surface area contributed by atoms with Crippen LogP contribution in [-0.4, -0.2) is 55.5 Å². The van der Waals surface area contributed by atoms with Gasteiger partial charge in [-0.3, -0.25) is 13.9 Å². The highest BCUT2D eigenvalue weighted by Crippen LogP contribution is 2.45. The van der Waals surface area contributed by atoms with Crippen molar-refractivity contribution < 1.29 is 18.7 Å². The summed E-state index contributed by atoms with van der Waals surface area (Å²) in [6.45, 7) is 13.0. The van der Waals surface area contributed by atoms with Gasteiger partial charge in [0, 0.05) is 26.2 Å². The molecule has 3 unspecified atom stereocenters. The summed E-state index contributed by atoms with van der Waals surface area (Å²) >= 11 is 0. The number of β-amino-alcohol motifs (C(OH)–C–C–N with tert-alkyl or cyclic N) is 1. The summed E-state index contributed by atoms with van der Waals surface area (Å²) in [6.07, 6.45) is 30.9. The molecule has 6 nitrogen and oxygen atoms in total. The summed E-state index contributed by atoms with van der Waals surface area (Å²) in [5, 5.41) is 13.2. The third-order valence-electron chi connectivity index (χ3n) is 9.81. The van der Waals surface area contributed by atoms with E-state index in [1.165, 1.54) is 128 Å². The van der Waals surface area contributed by atoms with Crippen molar-refractivity contribution in [2.24, 2.45) is 11.8 Å². The second kappa shape index (κ2) is 30.1. The van der Waals surface area contributed by atoms with Crippen LogP contribution in [0.25, 0.3) is 0 Å². The van der Waals surface area contributed by atoms with E-state index >= 15 is 0 Å². The number of nitrogens with one attached hydrogen (secondary N) is 1. The smallest absolute Gasteiger partial charge is 0.392 e. The van der Waals surface area contributed by atoms with Crippen LogP contribution in [0.1, 0.15) is 188 Å². The Bertz CT molecular complexity index is 642. The third kappa shape index (κ3) is 24.8. The van der Waals surface area contributed by atoms with E-state index in [0.29, 0.717) is 38.1 Å². The second-order valence-electron chi connectivity index (χ2n) is 14.3. The SMILES string of the molecule is CCCCCCCCC(CCCCCC)COP(=O)(NCCN1CCC(O)C1)OCC(CCCCCC)CCCCCCCC. The second-order valence-corrected chi connectivity index (χ2v) is 16.1. The largest absolute Gasteiger partial charge is 0.405 e. The van der Waals surface area contributed by atoms with Gasteiger partial charge in [-0.05, 0) is 43.9 Å². The van der Waals surface area contributed by atoms with Crippen LogP contribution in [-0.2, 0) is 13.6 Å². The summed E-state index contributed by atoms with van der Waals surface area (Å²) in [5.74, 6) is 0.877. The molecular formula is C38H79N2O4P. The van der Waals surface area contributed by atoms with Gasteiger partial charge in [-0.25, -0.2) is 9.65 Å². The van der Waals surface area contributed by atoms with Crippen LogP contribution in [0.3, 0.4) is 0 Å². The van der Waals surface area contributed by atoms with E-state index in [9.17, 15) is 9.67 Å². The molecule has 1 fully saturated rings. The number of aliphatic hydroxyl groups is 1. The van der Waals surface area contributed by atoms with Gasteiger partial charge in [-0.15, -0.1) is 0 Å². The van der Waals surface area contributed by atoms with Crippen LogP contribution in [0.5, 0.6) is 0 Å². The van der Waals surface area contributed by atoms with Crippen molar-refractivity contribution in [2.75, 3.05) is 39.4 Å². The Morgan fingerprint density at radius 3 is 1.40 bits per heavy atom. The summed E-state index contributed by atoms with van der Waals surface area (Å²) in [5.41, 5.74) is 0. The van der Waals surface area contributed by atoms with Gasteiger partial charge in [0.2, 0.25) is 0 Å². The lowest BCUT2D eigenvalue weighted by atomic mass is 9.95. The van der Waals surface area contributed by atoms with Crippen molar-refractivity contribution in [1.29, 1.82) is 0 Å². The molecule has 3 atom stereocenters. The molecule has 1 rings (SSSR count). The minimum atomic E-state index is -3.44. The van der Waals surface area contributed by atoms with E-state index in [4.69, 9.17) is 9.05 Å². The Morgan fingerprint density at radius 1 is 0.644 bits per heavy atom. The van der Waals surface area contributed by atoms with E-state index in [-0.39, 0.29) is 6.10 Å². The highest BCUT2D eigenvalue weighted by molar-refractivity contribution is 7.51. The molecule has 1 saturated heterocycles. The summed E-state index contributed by atoms with van der Waals surface area (Å²) in [6, 6.07) is 0. The molecule has 0 spiro atoms. The van der Waals surface area contributed by atoms with Crippen LogP contribution in [0.4, 0.5) is 0 Å². The molecule has 45 heavy (non-hydrogen) atoms. The summed E-state index contributed by atoms with van der Waals surface area (Å²) in [7, 11) is -3.44. The average molecular weight is 659 g/mol. The van der Waals surface area contributed by atoms with Crippen molar-refractivity contribution in [3.63, 3.8) is 0 Å². The van der Waals surface area contributed by atoms with Gasteiger partial charge in [-0.2, -0.15) is 0 Å². The first-order valence-electron chi connectivity index (χ1n) is 20.0. The van der Waals surface area contributed by atoms with Crippen LogP contribution < -0.4 is 5.09 Å². The number of nitrogens with zero attached hydrogens (tertiary/aromatic N) is 1. The zero-order chi connectivity index (χ0) is 32.9. The lowest BCUT2D eigenvalue weighted by Crippen LogP contribution is -2.31. The van der Waals surface area contributed by atoms with E-state index in [0.717, 1.165) is 45.2 Å². The maximum Gasteiger partial charge on any atom is 0.405 e. The van der Waals surface area contributed by atoms with Crippen LogP contribution in [0.15, 0.2) is 0 Å². The van der Waals surface area contributed by atoms with Crippen molar-refractivity contribution in [3.05, 3.63) is 0 Å². The molecule has 1 aliphatic heterocycles. The maximum atomic E-state index is 14.3. The van der Waals surface area contributed by atoms with Crippen LogP contribution in [0, 0.1) is 11.8 Å². The van der Waals surface area contributed by atoms with Gasteiger partial charge in [0.15, 0.2) is 0 Å². The molecule has 7 heteroatoms. The first-order valence-corrected chi connectivity index (χ1v) is 21.5. The minimum Gasteiger partial charge on any atom is -0.392 e. The fourth-order valence-corrected chi connectivity index (χ4v) is 8.11. The van der Waals surface area contributed by atoms with Crippen molar-refractivity contribution in [3.8, 4) is 0 Å². The third-order valence-corrected chi connectivity index (χ3v) is 11.4. The molecule has 1 heterocycles. The first kappa shape index (κ1) is 43.1. The Morgan fingerprint density at radius 2 is 1.02 bits per heavy atom. The number of unbranched alkanes of at least 4 members (excludes halogenated alkanes) is 16. The fraction of sp³-hybridized carbons (Fsp3) is 1.00. The normalized spacial score (nSPS) is 18.4. The molecule has 2 N–H and O–H groups in total. The van der Waals surface area contributed by atoms with E-state index in [1.54, 1.807) is 0 Å². The van der Waals surface area contributed by atoms with Gasteiger partial charge < -0.3 is 5.11 Å².